The number of benzene rings is 1. The number of carbonyl (C=O) groups is 3. The van der Waals surface area contributed by atoms with Gasteiger partial charge in [-0.05, 0) is 17.7 Å². The predicted molar refractivity (Wildman–Crippen MR) is 86.3 cm³/mol. The Kier molecular flexibility index (Phi) is 5.56. The van der Waals surface area contributed by atoms with Gasteiger partial charge in [-0.25, -0.2) is 0 Å². The first-order valence-corrected chi connectivity index (χ1v) is 9.38. The fourth-order valence-electron chi connectivity index (χ4n) is 2.33. The molecule has 2 amide bonds. The molecule has 138 valence electrons. The van der Waals surface area contributed by atoms with E-state index in [0.29, 0.717) is 16.7 Å². The van der Waals surface area contributed by atoms with Crippen molar-refractivity contribution in [3.05, 3.63) is 34.7 Å². The standard InChI is InChI=1S/C13H12N4O7S2/c14-16-15-8-1-3-9(4-2-8)25-7-13(12(20)21,26(22,23)24)17-10(18)5-6-11(17)19/h1-4H,5-7H2,(H,20,21)(H,22,23,24)/p-1. The number of amides is 2. The summed E-state index contributed by atoms with van der Waals surface area (Å²) in [5.41, 5.74) is 8.60. The van der Waals surface area contributed by atoms with E-state index in [0.717, 1.165) is 0 Å². The van der Waals surface area contributed by atoms with Gasteiger partial charge in [0.25, 0.3) is 10.1 Å². The number of likely N-dealkylation sites (tertiary alicyclic amines) is 1. The smallest absolute Gasteiger partial charge is 0.296 e. The van der Waals surface area contributed by atoms with E-state index >= 15 is 0 Å². The number of carboxylic acid groups (broad SMARTS) is 1. The lowest BCUT2D eigenvalue weighted by atomic mass is 10.3. The number of aliphatic carboxylic acids is 1. The molecule has 1 aromatic carbocycles. The number of imide groups is 1. The zero-order valence-corrected chi connectivity index (χ0v) is 14.6. The Labute approximate surface area is 151 Å². The molecule has 0 radical (unpaired) electrons. The van der Waals surface area contributed by atoms with Crippen molar-refractivity contribution in [1.82, 2.24) is 4.90 Å². The van der Waals surface area contributed by atoms with E-state index in [-0.39, 0.29) is 23.4 Å². The van der Waals surface area contributed by atoms with E-state index in [1.807, 2.05) is 0 Å². The normalized spacial score (nSPS) is 16.9. The van der Waals surface area contributed by atoms with E-state index < -0.39 is 38.5 Å². The van der Waals surface area contributed by atoms with Crippen molar-refractivity contribution in [1.29, 1.82) is 0 Å². The van der Waals surface area contributed by atoms with Crippen LogP contribution in [-0.4, -0.2) is 46.3 Å². The van der Waals surface area contributed by atoms with Crippen LogP contribution in [0.1, 0.15) is 12.8 Å². The average molecular weight is 399 g/mol. The van der Waals surface area contributed by atoms with Crippen LogP contribution >= 0.6 is 11.8 Å². The third kappa shape index (κ3) is 3.51. The number of azide groups is 1. The summed E-state index contributed by atoms with van der Waals surface area (Å²) in [5, 5.41) is 15.0. The second kappa shape index (κ2) is 7.33. The lowest BCUT2D eigenvalue weighted by Crippen LogP contribution is -2.67. The van der Waals surface area contributed by atoms with Gasteiger partial charge < -0.3 is 9.90 Å². The zero-order valence-electron chi connectivity index (χ0n) is 12.9. The Balaban J connectivity index is 2.42. The molecule has 0 saturated carbocycles. The molecule has 1 saturated heterocycles. The molecule has 1 N–H and O–H groups in total. The Morgan fingerprint density at radius 3 is 2.27 bits per heavy atom. The van der Waals surface area contributed by atoms with Gasteiger partial charge in [0.05, 0.1) is 5.97 Å². The molecular weight excluding hydrogens is 388 g/mol. The predicted octanol–water partition coefficient (Wildman–Crippen LogP) is 0.203. The SMILES string of the molecule is [N-]=[N+]=Nc1ccc(SCC(C(=O)[O-])(N2C(=O)CCC2=O)S(=O)(=O)O)cc1. The summed E-state index contributed by atoms with van der Waals surface area (Å²) in [6.07, 6.45) is -0.732. The second-order valence-electron chi connectivity index (χ2n) is 5.14. The van der Waals surface area contributed by atoms with Crippen LogP contribution in [-0.2, 0) is 24.5 Å². The molecule has 1 atom stereocenters. The van der Waals surface area contributed by atoms with Crippen LogP contribution in [0.5, 0.6) is 0 Å². The Hall–Kier alpha value is -2.60. The van der Waals surface area contributed by atoms with Crippen LogP contribution in [0.3, 0.4) is 0 Å². The summed E-state index contributed by atoms with van der Waals surface area (Å²) in [6.45, 7) is 0. The van der Waals surface area contributed by atoms with Crippen LogP contribution in [0.25, 0.3) is 10.4 Å². The molecular formula is C13H11N4O7S2-. The van der Waals surface area contributed by atoms with Gasteiger partial charge in [0.15, 0.2) is 0 Å². The van der Waals surface area contributed by atoms with Crippen molar-refractivity contribution in [2.75, 3.05) is 5.75 Å². The lowest BCUT2D eigenvalue weighted by molar-refractivity contribution is -0.312. The maximum absolute atomic E-state index is 11.9. The number of hydrogen-bond donors (Lipinski definition) is 1. The summed E-state index contributed by atoms with van der Waals surface area (Å²) in [7, 11) is -5.43. The van der Waals surface area contributed by atoms with Crippen molar-refractivity contribution in [3.63, 3.8) is 0 Å². The highest BCUT2D eigenvalue weighted by Gasteiger charge is 2.56. The Morgan fingerprint density at radius 2 is 1.85 bits per heavy atom. The molecule has 1 unspecified atom stereocenters. The fraction of sp³-hybridized carbons (Fsp3) is 0.308. The van der Waals surface area contributed by atoms with Crippen LogP contribution in [0.4, 0.5) is 5.69 Å². The highest BCUT2D eigenvalue weighted by Crippen LogP contribution is 2.34. The topological polar surface area (TPSA) is 181 Å². The molecule has 26 heavy (non-hydrogen) atoms. The molecule has 1 aliphatic heterocycles. The van der Waals surface area contributed by atoms with E-state index in [4.69, 9.17) is 5.53 Å². The van der Waals surface area contributed by atoms with Gasteiger partial charge >= 0.3 is 0 Å². The third-order valence-electron chi connectivity index (χ3n) is 3.59. The summed E-state index contributed by atoms with van der Waals surface area (Å²) in [6, 6.07) is 5.60. The maximum Gasteiger partial charge on any atom is 0.296 e. The largest absolute Gasteiger partial charge is 0.546 e. The monoisotopic (exact) mass is 399 g/mol. The van der Waals surface area contributed by atoms with Crippen molar-refractivity contribution in [3.8, 4) is 0 Å². The van der Waals surface area contributed by atoms with Crippen molar-refractivity contribution >= 4 is 45.4 Å². The first-order valence-electron chi connectivity index (χ1n) is 6.96. The highest BCUT2D eigenvalue weighted by molar-refractivity contribution is 8.00. The number of nitrogens with zero attached hydrogens (tertiary/aromatic N) is 4. The van der Waals surface area contributed by atoms with Crippen molar-refractivity contribution in [2.45, 2.75) is 22.6 Å². The number of hydrogen-bond acceptors (Lipinski definition) is 8. The molecule has 0 aromatic heterocycles. The van der Waals surface area contributed by atoms with Gasteiger partial charge in [-0.3, -0.25) is 19.0 Å². The van der Waals surface area contributed by atoms with Crippen LogP contribution in [0.15, 0.2) is 34.3 Å². The van der Waals surface area contributed by atoms with Gasteiger partial charge in [-0.2, -0.15) is 8.42 Å². The van der Waals surface area contributed by atoms with Gasteiger partial charge in [0, 0.05) is 34.1 Å². The second-order valence-corrected chi connectivity index (χ2v) is 7.82. The number of thioether (sulfide) groups is 1. The first kappa shape index (κ1) is 19.7. The maximum atomic E-state index is 11.9. The molecule has 1 heterocycles. The molecule has 0 spiro atoms. The van der Waals surface area contributed by atoms with E-state index in [1.165, 1.54) is 24.3 Å². The van der Waals surface area contributed by atoms with Crippen molar-refractivity contribution < 1.29 is 32.5 Å². The highest BCUT2D eigenvalue weighted by atomic mass is 32.2. The minimum absolute atomic E-state index is 0.0407. The van der Waals surface area contributed by atoms with Gasteiger partial charge in [-0.15, -0.1) is 11.8 Å². The molecule has 13 heteroatoms. The molecule has 11 nitrogen and oxygen atoms in total. The summed E-state index contributed by atoms with van der Waals surface area (Å²) < 4.78 is 33.2. The van der Waals surface area contributed by atoms with Gasteiger partial charge in [0.2, 0.25) is 16.7 Å². The average Bonchev–Trinajstić information content (AvgIpc) is 2.88. The van der Waals surface area contributed by atoms with Crippen LogP contribution < -0.4 is 5.11 Å². The molecule has 1 fully saturated rings. The first-order chi connectivity index (χ1) is 12.1. The number of carboxylic acids is 1. The molecule has 0 bridgehead atoms. The van der Waals surface area contributed by atoms with E-state index in [9.17, 15) is 32.5 Å². The summed E-state index contributed by atoms with van der Waals surface area (Å²) >= 11 is 0.659. The Morgan fingerprint density at radius 1 is 1.31 bits per heavy atom. The minimum Gasteiger partial charge on any atom is -0.546 e. The van der Waals surface area contributed by atoms with Gasteiger partial charge in [0.1, 0.15) is 0 Å². The fourth-order valence-corrected chi connectivity index (χ4v) is 4.69. The van der Waals surface area contributed by atoms with Crippen molar-refractivity contribution in [2.24, 2.45) is 5.11 Å². The van der Waals surface area contributed by atoms with Crippen LogP contribution in [0, 0.1) is 0 Å². The number of rotatable bonds is 7. The van der Waals surface area contributed by atoms with Gasteiger partial charge in [-0.1, -0.05) is 17.2 Å². The third-order valence-corrected chi connectivity index (χ3v) is 6.29. The number of carbonyl (C=O) groups excluding carboxylic acids is 3. The van der Waals surface area contributed by atoms with E-state index in [2.05, 4.69) is 10.0 Å². The lowest BCUT2D eigenvalue weighted by Gasteiger charge is -2.37. The summed E-state index contributed by atoms with van der Waals surface area (Å²) in [5.74, 6) is -5.24. The minimum atomic E-state index is -5.43. The summed E-state index contributed by atoms with van der Waals surface area (Å²) in [4.78, 5) is 35.2. The molecule has 2 rings (SSSR count). The van der Waals surface area contributed by atoms with E-state index in [1.54, 1.807) is 0 Å². The Bertz CT molecular complexity index is 893. The molecule has 1 aliphatic rings. The quantitative estimate of drug-likeness (QED) is 0.168. The molecule has 0 aliphatic carbocycles. The van der Waals surface area contributed by atoms with Crippen LogP contribution in [0.2, 0.25) is 0 Å². The molecule has 1 aromatic rings. The zero-order chi connectivity index (χ0) is 19.5.